The number of carbonyl (C=O) groups excluding carboxylic acids is 2. The number of amides is 3. The largest absolute Gasteiger partial charge is 0.495 e. The molecule has 0 saturated carbocycles. The molecule has 0 unspecified atom stereocenters. The molecule has 142 valence electrons. The van der Waals surface area contributed by atoms with Crippen molar-refractivity contribution in [2.75, 3.05) is 38.2 Å². The van der Waals surface area contributed by atoms with Gasteiger partial charge in [-0.25, -0.2) is 9.78 Å². The standard InChI is InChI=1S/C19H23N5O3/c1-27-17-3-2-14(12-16(17)24-11-7-21-19(24)26)18(25)22-8-4-15(5-9-22)23-10-6-20-13-23/h2-3,6,10,12-13,15H,4-5,7-9,11H2,1H3,(H,21,26). The van der Waals surface area contributed by atoms with Crippen LogP contribution >= 0.6 is 0 Å². The summed E-state index contributed by atoms with van der Waals surface area (Å²) in [7, 11) is 1.56. The molecule has 2 fully saturated rings. The van der Waals surface area contributed by atoms with Crippen molar-refractivity contribution in [3.8, 4) is 5.75 Å². The van der Waals surface area contributed by atoms with Crippen molar-refractivity contribution in [1.29, 1.82) is 0 Å². The van der Waals surface area contributed by atoms with Gasteiger partial charge in [-0.3, -0.25) is 9.69 Å². The van der Waals surface area contributed by atoms with E-state index in [0.29, 0.717) is 49.2 Å². The third-order valence-corrected chi connectivity index (χ3v) is 5.27. The summed E-state index contributed by atoms with van der Waals surface area (Å²) in [6, 6.07) is 5.50. The van der Waals surface area contributed by atoms with E-state index in [2.05, 4.69) is 14.9 Å². The molecular formula is C19H23N5O3. The number of benzene rings is 1. The van der Waals surface area contributed by atoms with Gasteiger partial charge in [0.05, 0.1) is 19.1 Å². The van der Waals surface area contributed by atoms with E-state index in [1.807, 2.05) is 17.4 Å². The molecule has 1 aromatic heterocycles. The Balaban J connectivity index is 1.50. The van der Waals surface area contributed by atoms with Crippen LogP contribution in [0.3, 0.4) is 0 Å². The van der Waals surface area contributed by atoms with E-state index in [0.717, 1.165) is 12.8 Å². The van der Waals surface area contributed by atoms with E-state index in [-0.39, 0.29) is 11.9 Å². The number of nitrogens with zero attached hydrogens (tertiary/aromatic N) is 4. The van der Waals surface area contributed by atoms with Gasteiger partial charge < -0.3 is 19.5 Å². The zero-order valence-electron chi connectivity index (χ0n) is 15.3. The number of anilines is 1. The first kappa shape index (κ1) is 17.4. The smallest absolute Gasteiger partial charge is 0.322 e. The summed E-state index contributed by atoms with van der Waals surface area (Å²) >= 11 is 0. The Bertz CT molecular complexity index is 828. The van der Waals surface area contributed by atoms with E-state index in [9.17, 15) is 9.59 Å². The fourth-order valence-electron chi connectivity index (χ4n) is 3.77. The zero-order valence-corrected chi connectivity index (χ0v) is 15.3. The SMILES string of the molecule is COc1ccc(C(=O)N2CCC(n3ccnc3)CC2)cc1N1CCNC1=O. The number of imidazole rings is 1. The Morgan fingerprint density at radius 1 is 1.26 bits per heavy atom. The molecule has 0 spiro atoms. The van der Waals surface area contributed by atoms with Gasteiger partial charge in [-0.1, -0.05) is 0 Å². The third kappa shape index (κ3) is 3.34. The van der Waals surface area contributed by atoms with Crippen molar-refractivity contribution in [1.82, 2.24) is 19.8 Å². The van der Waals surface area contributed by atoms with Crippen LogP contribution in [0.15, 0.2) is 36.9 Å². The van der Waals surface area contributed by atoms with Gasteiger partial charge in [0.2, 0.25) is 0 Å². The molecule has 3 heterocycles. The lowest BCUT2D eigenvalue weighted by molar-refractivity contribution is 0.0694. The van der Waals surface area contributed by atoms with Crippen molar-refractivity contribution in [3.05, 3.63) is 42.5 Å². The van der Waals surface area contributed by atoms with Crippen LogP contribution in [0.25, 0.3) is 0 Å². The molecule has 2 saturated heterocycles. The first-order valence-electron chi connectivity index (χ1n) is 9.17. The van der Waals surface area contributed by atoms with Gasteiger partial charge in [0.1, 0.15) is 5.75 Å². The van der Waals surface area contributed by atoms with Crippen LogP contribution in [0.2, 0.25) is 0 Å². The predicted octanol–water partition coefficient (Wildman–Crippen LogP) is 1.90. The van der Waals surface area contributed by atoms with Gasteiger partial charge in [0, 0.05) is 50.2 Å². The van der Waals surface area contributed by atoms with Crippen LogP contribution in [0.1, 0.15) is 29.2 Å². The molecule has 8 nitrogen and oxygen atoms in total. The molecule has 0 radical (unpaired) electrons. The summed E-state index contributed by atoms with van der Waals surface area (Å²) < 4.78 is 7.50. The molecule has 3 amide bonds. The maximum Gasteiger partial charge on any atom is 0.322 e. The molecule has 4 rings (SSSR count). The van der Waals surface area contributed by atoms with Gasteiger partial charge in [-0.15, -0.1) is 0 Å². The Labute approximate surface area is 157 Å². The average molecular weight is 369 g/mol. The van der Waals surface area contributed by atoms with Crippen molar-refractivity contribution in [3.63, 3.8) is 0 Å². The molecule has 27 heavy (non-hydrogen) atoms. The number of urea groups is 1. The second-order valence-electron chi connectivity index (χ2n) is 6.80. The number of nitrogens with one attached hydrogen (secondary N) is 1. The average Bonchev–Trinajstić information content (AvgIpc) is 3.39. The van der Waals surface area contributed by atoms with Crippen LogP contribution < -0.4 is 15.0 Å². The molecule has 2 aromatic rings. The van der Waals surface area contributed by atoms with Gasteiger partial charge in [-0.05, 0) is 31.0 Å². The molecule has 0 bridgehead atoms. The summed E-state index contributed by atoms with van der Waals surface area (Å²) in [6.45, 7) is 2.55. The van der Waals surface area contributed by atoms with E-state index in [1.165, 1.54) is 0 Å². The number of rotatable bonds is 4. The number of carbonyl (C=O) groups is 2. The molecule has 0 aliphatic carbocycles. The van der Waals surface area contributed by atoms with Crippen LogP contribution in [-0.4, -0.2) is 59.7 Å². The Morgan fingerprint density at radius 3 is 2.70 bits per heavy atom. The predicted molar refractivity (Wildman–Crippen MR) is 100 cm³/mol. The number of hydrogen-bond donors (Lipinski definition) is 1. The highest BCUT2D eigenvalue weighted by Gasteiger charge is 2.28. The molecule has 2 aliphatic rings. The van der Waals surface area contributed by atoms with E-state index in [4.69, 9.17) is 4.74 Å². The van der Waals surface area contributed by atoms with Crippen molar-refractivity contribution >= 4 is 17.6 Å². The van der Waals surface area contributed by atoms with Crippen LogP contribution in [0.5, 0.6) is 5.75 Å². The maximum absolute atomic E-state index is 13.0. The second-order valence-corrected chi connectivity index (χ2v) is 6.80. The minimum absolute atomic E-state index is 0.0115. The topological polar surface area (TPSA) is 79.7 Å². The molecule has 0 atom stereocenters. The summed E-state index contributed by atoms with van der Waals surface area (Å²) in [5, 5.41) is 2.78. The number of ether oxygens (including phenoxy) is 1. The number of hydrogen-bond acceptors (Lipinski definition) is 4. The second kappa shape index (κ2) is 7.30. The van der Waals surface area contributed by atoms with E-state index < -0.39 is 0 Å². The number of likely N-dealkylation sites (tertiary alicyclic amines) is 1. The summed E-state index contributed by atoms with van der Waals surface area (Å²) in [5.74, 6) is 0.574. The number of aromatic nitrogens is 2. The van der Waals surface area contributed by atoms with Crippen LogP contribution in [-0.2, 0) is 0 Å². The lowest BCUT2D eigenvalue weighted by atomic mass is 10.0. The minimum Gasteiger partial charge on any atom is -0.495 e. The molecule has 1 N–H and O–H groups in total. The molecule has 2 aliphatic heterocycles. The zero-order chi connectivity index (χ0) is 18.8. The first-order valence-corrected chi connectivity index (χ1v) is 9.17. The highest BCUT2D eigenvalue weighted by molar-refractivity contribution is 5.99. The van der Waals surface area contributed by atoms with Crippen molar-refractivity contribution < 1.29 is 14.3 Å². The van der Waals surface area contributed by atoms with Crippen LogP contribution in [0, 0.1) is 0 Å². The highest BCUT2D eigenvalue weighted by Crippen LogP contribution is 2.31. The Hall–Kier alpha value is -3.03. The summed E-state index contributed by atoms with van der Waals surface area (Å²) in [4.78, 5) is 32.6. The summed E-state index contributed by atoms with van der Waals surface area (Å²) in [5.41, 5.74) is 1.21. The van der Waals surface area contributed by atoms with Crippen molar-refractivity contribution in [2.45, 2.75) is 18.9 Å². The molecule has 8 heteroatoms. The van der Waals surface area contributed by atoms with Crippen molar-refractivity contribution in [2.24, 2.45) is 0 Å². The van der Waals surface area contributed by atoms with Gasteiger partial charge >= 0.3 is 6.03 Å². The Kier molecular flexibility index (Phi) is 4.70. The third-order valence-electron chi connectivity index (χ3n) is 5.27. The minimum atomic E-state index is -0.168. The van der Waals surface area contributed by atoms with Gasteiger partial charge in [0.25, 0.3) is 5.91 Å². The van der Waals surface area contributed by atoms with Gasteiger partial charge in [-0.2, -0.15) is 0 Å². The highest BCUT2D eigenvalue weighted by atomic mass is 16.5. The van der Waals surface area contributed by atoms with Crippen LogP contribution in [0.4, 0.5) is 10.5 Å². The Morgan fingerprint density at radius 2 is 2.07 bits per heavy atom. The van der Waals surface area contributed by atoms with Gasteiger partial charge in [0.15, 0.2) is 0 Å². The fourth-order valence-corrected chi connectivity index (χ4v) is 3.77. The fraction of sp³-hybridized carbons (Fsp3) is 0.421. The monoisotopic (exact) mass is 369 g/mol. The van der Waals surface area contributed by atoms with E-state index >= 15 is 0 Å². The maximum atomic E-state index is 13.0. The number of piperidine rings is 1. The number of methoxy groups -OCH3 is 1. The lowest BCUT2D eigenvalue weighted by Crippen LogP contribution is -2.39. The molecule has 1 aromatic carbocycles. The normalized spacial score (nSPS) is 17.9. The quantitative estimate of drug-likeness (QED) is 0.893. The summed E-state index contributed by atoms with van der Waals surface area (Å²) in [6.07, 6.45) is 7.39. The van der Waals surface area contributed by atoms with E-state index in [1.54, 1.807) is 36.4 Å². The first-order chi connectivity index (χ1) is 13.2. The lowest BCUT2D eigenvalue weighted by Gasteiger charge is -2.32. The molecular weight excluding hydrogens is 346 g/mol.